The van der Waals surface area contributed by atoms with Gasteiger partial charge in [0.25, 0.3) is 0 Å². The topological polar surface area (TPSA) is 77.2 Å². The minimum absolute atomic E-state index is 0.188. The lowest BCUT2D eigenvalue weighted by molar-refractivity contribution is -0.0703. The minimum atomic E-state index is -0.938. The van der Waals surface area contributed by atoms with Gasteiger partial charge in [0, 0.05) is 6.61 Å². The van der Waals surface area contributed by atoms with Gasteiger partial charge in [0.2, 0.25) is 0 Å². The molecule has 106 valence electrons. The maximum absolute atomic E-state index is 11.1. The highest BCUT2D eigenvalue weighted by Crippen LogP contribution is 2.33. The summed E-state index contributed by atoms with van der Waals surface area (Å²) in [6, 6.07) is 5.08. The lowest BCUT2D eigenvalue weighted by atomic mass is 9.94. The van der Waals surface area contributed by atoms with Crippen molar-refractivity contribution in [2.24, 2.45) is 0 Å². The molecule has 1 N–H and O–H groups in total. The maximum atomic E-state index is 11.1. The third-order valence-electron chi connectivity index (χ3n) is 3.73. The van der Waals surface area contributed by atoms with Crippen LogP contribution in [0.25, 0.3) is 11.0 Å². The summed E-state index contributed by atoms with van der Waals surface area (Å²) < 4.78 is 7.55. The SMILES string of the molecule is CC1(C)CC(n2nnc3ccc(C(=O)O)cc32)CCO1. The van der Waals surface area contributed by atoms with Crippen molar-refractivity contribution in [1.29, 1.82) is 0 Å². The standard InChI is InChI=1S/C14H17N3O3/c1-14(2)8-10(5-6-20-14)17-12-7-9(13(18)19)3-4-11(12)15-16-17/h3-4,7,10H,5-6,8H2,1-2H3,(H,18,19). The van der Waals surface area contributed by atoms with Crippen LogP contribution in [0.4, 0.5) is 0 Å². The molecule has 0 bridgehead atoms. The summed E-state index contributed by atoms with van der Waals surface area (Å²) in [5, 5.41) is 17.4. The average molecular weight is 275 g/mol. The number of fused-ring (bicyclic) bond motifs is 1. The Hall–Kier alpha value is -1.95. The fraction of sp³-hybridized carbons (Fsp3) is 0.500. The van der Waals surface area contributed by atoms with Gasteiger partial charge in [0.1, 0.15) is 5.52 Å². The molecular formula is C14H17N3O3. The first-order chi connectivity index (χ1) is 9.46. The number of carboxylic acid groups (broad SMARTS) is 1. The Kier molecular flexibility index (Phi) is 2.97. The Balaban J connectivity index is 2.03. The van der Waals surface area contributed by atoms with E-state index in [0.29, 0.717) is 6.61 Å². The second-order valence-electron chi connectivity index (χ2n) is 5.80. The summed E-state index contributed by atoms with van der Waals surface area (Å²) >= 11 is 0. The first kappa shape index (κ1) is 13.1. The van der Waals surface area contributed by atoms with Crippen LogP contribution in [0.2, 0.25) is 0 Å². The summed E-state index contributed by atoms with van der Waals surface area (Å²) in [6.07, 6.45) is 1.70. The molecule has 1 unspecified atom stereocenters. The van der Waals surface area contributed by atoms with Crippen molar-refractivity contribution in [3.05, 3.63) is 23.8 Å². The van der Waals surface area contributed by atoms with Gasteiger partial charge in [0.05, 0.1) is 22.7 Å². The molecule has 6 heteroatoms. The summed E-state index contributed by atoms with van der Waals surface area (Å²) in [5.41, 5.74) is 1.56. The van der Waals surface area contributed by atoms with E-state index >= 15 is 0 Å². The Morgan fingerprint density at radius 2 is 2.30 bits per heavy atom. The smallest absolute Gasteiger partial charge is 0.335 e. The number of hydrogen-bond donors (Lipinski definition) is 1. The molecule has 1 aromatic heterocycles. The summed E-state index contributed by atoms with van der Waals surface area (Å²) in [5.74, 6) is -0.938. The van der Waals surface area contributed by atoms with E-state index in [1.165, 1.54) is 0 Å². The second kappa shape index (κ2) is 4.56. The molecule has 2 aromatic rings. The quantitative estimate of drug-likeness (QED) is 0.909. The van der Waals surface area contributed by atoms with Crippen molar-refractivity contribution in [3.63, 3.8) is 0 Å². The highest BCUT2D eigenvalue weighted by molar-refractivity contribution is 5.92. The molecule has 3 rings (SSSR count). The van der Waals surface area contributed by atoms with E-state index in [2.05, 4.69) is 24.2 Å². The van der Waals surface area contributed by atoms with Gasteiger partial charge < -0.3 is 9.84 Å². The predicted molar refractivity (Wildman–Crippen MR) is 72.8 cm³/mol. The van der Waals surface area contributed by atoms with Crippen molar-refractivity contribution >= 4 is 17.0 Å². The second-order valence-corrected chi connectivity index (χ2v) is 5.80. The molecule has 0 aliphatic carbocycles. The molecule has 1 aliphatic rings. The van der Waals surface area contributed by atoms with Crippen LogP contribution in [0.5, 0.6) is 0 Å². The minimum Gasteiger partial charge on any atom is -0.478 e. The number of nitrogens with zero attached hydrogens (tertiary/aromatic N) is 3. The summed E-state index contributed by atoms with van der Waals surface area (Å²) in [6.45, 7) is 4.79. The van der Waals surface area contributed by atoms with Gasteiger partial charge in [-0.1, -0.05) is 5.21 Å². The van der Waals surface area contributed by atoms with Crippen LogP contribution >= 0.6 is 0 Å². The molecule has 0 spiro atoms. The number of carbonyl (C=O) groups is 1. The Morgan fingerprint density at radius 1 is 1.50 bits per heavy atom. The summed E-state index contributed by atoms with van der Waals surface area (Å²) in [4.78, 5) is 11.1. The maximum Gasteiger partial charge on any atom is 0.335 e. The highest BCUT2D eigenvalue weighted by atomic mass is 16.5. The third-order valence-corrected chi connectivity index (χ3v) is 3.73. The Bertz CT molecular complexity index is 663. The number of ether oxygens (including phenoxy) is 1. The molecule has 0 amide bonds. The van der Waals surface area contributed by atoms with E-state index in [0.717, 1.165) is 23.9 Å². The van der Waals surface area contributed by atoms with Gasteiger partial charge in [-0.3, -0.25) is 0 Å². The summed E-state index contributed by atoms with van der Waals surface area (Å²) in [7, 11) is 0. The predicted octanol–water partition coefficient (Wildman–Crippen LogP) is 2.26. The first-order valence-electron chi connectivity index (χ1n) is 6.68. The van der Waals surface area contributed by atoms with Gasteiger partial charge in [0.15, 0.2) is 0 Å². The van der Waals surface area contributed by atoms with Crippen LogP contribution in [-0.2, 0) is 4.74 Å². The highest BCUT2D eigenvalue weighted by Gasteiger charge is 2.31. The molecule has 1 saturated heterocycles. The number of aromatic carboxylic acids is 1. The van der Waals surface area contributed by atoms with E-state index in [-0.39, 0.29) is 17.2 Å². The monoisotopic (exact) mass is 275 g/mol. The molecule has 1 aliphatic heterocycles. The van der Waals surface area contributed by atoms with Crippen LogP contribution in [-0.4, -0.2) is 38.3 Å². The lowest BCUT2D eigenvalue weighted by Crippen LogP contribution is -2.35. The van der Waals surface area contributed by atoms with Crippen LogP contribution in [0.15, 0.2) is 18.2 Å². The fourth-order valence-corrected chi connectivity index (χ4v) is 2.75. The van der Waals surface area contributed by atoms with E-state index < -0.39 is 5.97 Å². The number of rotatable bonds is 2. The van der Waals surface area contributed by atoms with Gasteiger partial charge in [-0.15, -0.1) is 5.10 Å². The molecule has 0 saturated carbocycles. The van der Waals surface area contributed by atoms with Crippen LogP contribution in [0, 0.1) is 0 Å². The van der Waals surface area contributed by atoms with Crippen molar-refractivity contribution in [2.45, 2.75) is 38.3 Å². The molecular weight excluding hydrogens is 258 g/mol. The molecule has 1 atom stereocenters. The van der Waals surface area contributed by atoms with Crippen molar-refractivity contribution in [2.75, 3.05) is 6.61 Å². The third kappa shape index (κ3) is 2.27. The van der Waals surface area contributed by atoms with Crippen LogP contribution < -0.4 is 0 Å². The number of aromatic nitrogens is 3. The van der Waals surface area contributed by atoms with E-state index in [1.807, 2.05) is 4.68 Å². The van der Waals surface area contributed by atoms with Crippen molar-refractivity contribution in [3.8, 4) is 0 Å². The zero-order valence-corrected chi connectivity index (χ0v) is 11.5. The largest absolute Gasteiger partial charge is 0.478 e. The Morgan fingerprint density at radius 3 is 3.00 bits per heavy atom. The van der Waals surface area contributed by atoms with E-state index in [1.54, 1.807) is 18.2 Å². The van der Waals surface area contributed by atoms with Crippen LogP contribution in [0.3, 0.4) is 0 Å². The first-order valence-corrected chi connectivity index (χ1v) is 6.68. The van der Waals surface area contributed by atoms with Gasteiger partial charge in [-0.25, -0.2) is 9.48 Å². The molecule has 1 fully saturated rings. The molecule has 20 heavy (non-hydrogen) atoms. The average Bonchev–Trinajstić information content (AvgIpc) is 2.80. The van der Waals surface area contributed by atoms with Gasteiger partial charge in [-0.2, -0.15) is 0 Å². The molecule has 0 radical (unpaired) electrons. The van der Waals surface area contributed by atoms with E-state index in [4.69, 9.17) is 9.84 Å². The Labute approximate surface area is 116 Å². The zero-order valence-electron chi connectivity index (χ0n) is 11.5. The van der Waals surface area contributed by atoms with Gasteiger partial charge >= 0.3 is 5.97 Å². The number of benzene rings is 1. The molecule has 1 aromatic carbocycles. The fourth-order valence-electron chi connectivity index (χ4n) is 2.75. The lowest BCUT2D eigenvalue weighted by Gasteiger charge is -2.35. The van der Waals surface area contributed by atoms with Gasteiger partial charge in [-0.05, 0) is 44.9 Å². The number of hydrogen-bond acceptors (Lipinski definition) is 4. The van der Waals surface area contributed by atoms with Crippen molar-refractivity contribution in [1.82, 2.24) is 15.0 Å². The number of carboxylic acids is 1. The zero-order chi connectivity index (χ0) is 14.3. The molecule has 6 nitrogen and oxygen atoms in total. The van der Waals surface area contributed by atoms with E-state index in [9.17, 15) is 4.79 Å². The normalized spacial score (nSPS) is 22.0. The molecule has 2 heterocycles. The van der Waals surface area contributed by atoms with Crippen LogP contribution in [0.1, 0.15) is 43.1 Å². The van der Waals surface area contributed by atoms with Crippen molar-refractivity contribution < 1.29 is 14.6 Å².